The lowest BCUT2D eigenvalue weighted by atomic mass is 10.1. The van der Waals surface area contributed by atoms with Crippen LogP contribution in [0.2, 0.25) is 0 Å². The Morgan fingerprint density at radius 3 is 3.09 bits per heavy atom. The topological polar surface area (TPSA) is 63.2 Å². The number of urea groups is 1. The van der Waals surface area contributed by atoms with E-state index in [1.54, 1.807) is 17.5 Å². The molecule has 2 amide bonds. The van der Waals surface area contributed by atoms with Crippen molar-refractivity contribution < 1.29 is 9.53 Å². The highest BCUT2D eigenvalue weighted by Gasteiger charge is 2.22. The van der Waals surface area contributed by atoms with E-state index in [0.29, 0.717) is 13.1 Å². The van der Waals surface area contributed by atoms with Crippen molar-refractivity contribution >= 4 is 17.4 Å². The molecule has 116 valence electrons. The fourth-order valence-electron chi connectivity index (χ4n) is 2.45. The molecule has 0 unspecified atom stereocenters. The summed E-state index contributed by atoms with van der Waals surface area (Å²) in [5.41, 5.74) is 1.20. The van der Waals surface area contributed by atoms with Gasteiger partial charge in [-0.3, -0.25) is 0 Å². The molecule has 3 rings (SSSR count). The maximum Gasteiger partial charge on any atom is 0.314 e. The Morgan fingerprint density at radius 1 is 1.45 bits per heavy atom. The first-order chi connectivity index (χ1) is 10.7. The van der Waals surface area contributed by atoms with Gasteiger partial charge in [-0.25, -0.2) is 9.78 Å². The summed E-state index contributed by atoms with van der Waals surface area (Å²) in [5.74, 6) is 1.14. The van der Waals surface area contributed by atoms with Gasteiger partial charge >= 0.3 is 6.03 Å². The van der Waals surface area contributed by atoms with Crippen LogP contribution in [0.15, 0.2) is 35.8 Å². The summed E-state index contributed by atoms with van der Waals surface area (Å²) < 4.78 is 5.79. The molecule has 0 saturated heterocycles. The lowest BCUT2D eigenvalue weighted by molar-refractivity contribution is 0.213. The van der Waals surface area contributed by atoms with Gasteiger partial charge in [0.05, 0.1) is 11.6 Å². The summed E-state index contributed by atoms with van der Waals surface area (Å²) in [6.45, 7) is 3.13. The van der Waals surface area contributed by atoms with E-state index >= 15 is 0 Å². The highest BCUT2D eigenvalue weighted by molar-refractivity contribution is 7.09. The monoisotopic (exact) mass is 317 g/mol. The van der Waals surface area contributed by atoms with E-state index in [0.717, 1.165) is 17.2 Å². The number of amides is 2. The fourth-order valence-corrected chi connectivity index (χ4v) is 3.15. The number of para-hydroxylation sites is 1. The molecular weight excluding hydrogens is 298 g/mol. The molecular formula is C16H19N3O2S. The Hall–Kier alpha value is -2.08. The van der Waals surface area contributed by atoms with Gasteiger partial charge in [-0.1, -0.05) is 25.1 Å². The molecule has 0 spiro atoms. The third-order valence-electron chi connectivity index (χ3n) is 3.65. The molecule has 1 aromatic carbocycles. The van der Waals surface area contributed by atoms with E-state index in [9.17, 15) is 4.79 Å². The number of benzene rings is 1. The van der Waals surface area contributed by atoms with Gasteiger partial charge in [0.1, 0.15) is 11.9 Å². The molecule has 22 heavy (non-hydrogen) atoms. The van der Waals surface area contributed by atoms with Crippen LogP contribution in [-0.2, 0) is 6.42 Å². The number of hydrogen-bond acceptors (Lipinski definition) is 4. The van der Waals surface area contributed by atoms with Crippen molar-refractivity contribution in [1.29, 1.82) is 0 Å². The minimum Gasteiger partial charge on any atom is -0.488 e. The predicted octanol–water partition coefficient (Wildman–Crippen LogP) is 2.55. The Morgan fingerprint density at radius 2 is 2.32 bits per heavy atom. The van der Waals surface area contributed by atoms with Crippen molar-refractivity contribution in [3.8, 4) is 5.75 Å². The maximum atomic E-state index is 11.9. The van der Waals surface area contributed by atoms with E-state index in [1.165, 1.54) is 5.56 Å². The van der Waals surface area contributed by atoms with Crippen LogP contribution in [0.3, 0.4) is 0 Å². The van der Waals surface area contributed by atoms with Gasteiger partial charge in [0.2, 0.25) is 0 Å². The zero-order valence-corrected chi connectivity index (χ0v) is 13.2. The van der Waals surface area contributed by atoms with Crippen LogP contribution < -0.4 is 15.4 Å². The minimum atomic E-state index is -0.164. The zero-order chi connectivity index (χ0) is 15.4. The third kappa shape index (κ3) is 3.57. The van der Waals surface area contributed by atoms with Gasteiger partial charge in [0, 0.05) is 30.5 Å². The molecule has 5 nitrogen and oxygen atoms in total. The summed E-state index contributed by atoms with van der Waals surface area (Å²) in [7, 11) is 0. The average molecular weight is 317 g/mol. The first-order valence-corrected chi connectivity index (χ1v) is 8.26. The normalized spacial score (nSPS) is 17.4. The summed E-state index contributed by atoms with van der Waals surface area (Å²) >= 11 is 1.61. The molecule has 0 aliphatic carbocycles. The Kier molecular flexibility index (Phi) is 4.58. The lowest BCUT2D eigenvalue weighted by Crippen LogP contribution is -2.42. The number of ether oxygens (including phenoxy) is 1. The van der Waals surface area contributed by atoms with Crippen LogP contribution in [-0.4, -0.2) is 30.2 Å². The second-order valence-electron chi connectivity index (χ2n) is 5.41. The number of hydrogen-bond donors (Lipinski definition) is 2. The quantitative estimate of drug-likeness (QED) is 0.891. The molecule has 1 aliphatic rings. The molecule has 0 fully saturated rings. The molecule has 0 radical (unpaired) electrons. The molecule has 2 N–H and O–H groups in total. The molecule has 1 aromatic heterocycles. The van der Waals surface area contributed by atoms with E-state index in [2.05, 4.69) is 28.6 Å². The van der Waals surface area contributed by atoms with Crippen LogP contribution in [0.1, 0.15) is 23.4 Å². The molecule has 2 atom stereocenters. The fraction of sp³-hybridized carbons (Fsp3) is 0.375. The van der Waals surface area contributed by atoms with Crippen molar-refractivity contribution in [2.24, 2.45) is 0 Å². The molecule has 2 aromatic rings. The van der Waals surface area contributed by atoms with E-state index in [-0.39, 0.29) is 18.1 Å². The van der Waals surface area contributed by atoms with Gasteiger partial charge in [-0.2, -0.15) is 0 Å². The van der Waals surface area contributed by atoms with Gasteiger partial charge in [-0.05, 0) is 11.6 Å². The second kappa shape index (κ2) is 6.79. The van der Waals surface area contributed by atoms with Crippen LogP contribution in [0, 0.1) is 0 Å². The number of thiazole rings is 1. The van der Waals surface area contributed by atoms with Gasteiger partial charge in [0.15, 0.2) is 0 Å². The average Bonchev–Trinajstić information content (AvgIpc) is 3.19. The molecule has 1 aliphatic heterocycles. The van der Waals surface area contributed by atoms with Crippen LogP contribution >= 0.6 is 11.3 Å². The smallest absolute Gasteiger partial charge is 0.314 e. The van der Waals surface area contributed by atoms with Crippen molar-refractivity contribution in [1.82, 2.24) is 15.6 Å². The summed E-state index contributed by atoms with van der Waals surface area (Å²) in [6, 6.07) is 7.82. The van der Waals surface area contributed by atoms with Crippen molar-refractivity contribution in [2.75, 3.05) is 13.1 Å². The summed E-state index contributed by atoms with van der Waals surface area (Å²) in [4.78, 5) is 16.1. The highest BCUT2D eigenvalue weighted by atomic mass is 32.1. The number of nitrogens with one attached hydrogen (secondary N) is 2. The number of rotatable bonds is 5. The van der Waals surface area contributed by atoms with Gasteiger partial charge in [-0.15, -0.1) is 11.3 Å². The lowest BCUT2D eigenvalue weighted by Gasteiger charge is -2.14. The Balaban J connectivity index is 1.39. The van der Waals surface area contributed by atoms with E-state index in [4.69, 9.17) is 4.74 Å². The van der Waals surface area contributed by atoms with Crippen LogP contribution in [0.25, 0.3) is 0 Å². The third-order valence-corrected chi connectivity index (χ3v) is 4.65. The Bertz CT molecular complexity index is 605. The molecule has 0 saturated carbocycles. The van der Waals surface area contributed by atoms with Crippen LogP contribution in [0.5, 0.6) is 5.75 Å². The van der Waals surface area contributed by atoms with E-state index in [1.807, 2.05) is 23.6 Å². The molecule has 2 heterocycles. The van der Waals surface area contributed by atoms with Crippen molar-refractivity contribution in [3.63, 3.8) is 0 Å². The van der Waals surface area contributed by atoms with Crippen molar-refractivity contribution in [2.45, 2.75) is 25.4 Å². The summed E-state index contributed by atoms with van der Waals surface area (Å²) in [6.07, 6.45) is 2.64. The number of aromatic nitrogens is 1. The zero-order valence-electron chi connectivity index (χ0n) is 12.4. The number of nitrogens with zero attached hydrogens (tertiary/aromatic N) is 1. The number of fused-ring (bicyclic) bond motifs is 1. The van der Waals surface area contributed by atoms with Crippen molar-refractivity contribution in [3.05, 3.63) is 46.4 Å². The first kappa shape index (κ1) is 14.8. The minimum absolute atomic E-state index is 0.0135. The highest BCUT2D eigenvalue weighted by Crippen LogP contribution is 2.27. The number of carbonyl (C=O) groups is 1. The largest absolute Gasteiger partial charge is 0.488 e. The Labute approximate surface area is 133 Å². The van der Waals surface area contributed by atoms with E-state index < -0.39 is 0 Å². The molecule has 0 bridgehead atoms. The SMILES string of the molecule is C[C@@H](CNC(=O)NC[C@@H]1Cc2ccccc2O1)c1nccs1. The molecule has 6 heteroatoms. The standard InChI is InChI=1S/C16H19N3O2S/c1-11(15-17-6-7-22-15)9-18-16(20)19-10-13-8-12-4-2-3-5-14(12)21-13/h2-7,11,13H,8-10H2,1H3,(H2,18,19,20)/t11-,13-/m0/s1. The predicted molar refractivity (Wildman–Crippen MR) is 86.5 cm³/mol. The maximum absolute atomic E-state index is 11.9. The van der Waals surface area contributed by atoms with Gasteiger partial charge in [0.25, 0.3) is 0 Å². The first-order valence-electron chi connectivity index (χ1n) is 7.38. The van der Waals surface area contributed by atoms with Gasteiger partial charge < -0.3 is 15.4 Å². The van der Waals surface area contributed by atoms with Crippen LogP contribution in [0.4, 0.5) is 4.79 Å². The number of carbonyl (C=O) groups excluding carboxylic acids is 1. The second-order valence-corrected chi connectivity index (χ2v) is 6.34. The summed E-state index contributed by atoms with van der Waals surface area (Å²) in [5, 5.41) is 8.73.